The average Bonchev–Trinajstić information content (AvgIpc) is 2.51. The predicted molar refractivity (Wildman–Crippen MR) is 49.5 cm³/mol. The highest BCUT2D eigenvalue weighted by Gasteiger charge is 2.30. The van der Waals surface area contributed by atoms with Crippen molar-refractivity contribution in [1.82, 2.24) is 15.0 Å². The molecule has 1 fully saturated rings. The van der Waals surface area contributed by atoms with Crippen LogP contribution in [0.2, 0.25) is 0 Å². The van der Waals surface area contributed by atoms with Crippen molar-refractivity contribution in [2.24, 2.45) is 5.92 Å². The molecule has 0 spiro atoms. The van der Waals surface area contributed by atoms with Gasteiger partial charge in [0.2, 0.25) is 0 Å². The molecule has 5 heteroatoms. The van der Waals surface area contributed by atoms with Crippen molar-refractivity contribution in [1.29, 1.82) is 0 Å². The average molecular weight is 197 g/mol. The van der Waals surface area contributed by atoms with Crippen LogP contribution in [0.15, 0.2) is 6.20 Å². The van der Waals surface area contributed by atoms with Crippen molar-refractivity contribution in [2.45, 2.75) is 31.9 Å². The Balaban J connectivity index is 1.98. The molecule has 1 atom stereocenters. The zero-order valence-corrected chi connectivity index (χ0v) is 8.17. The van der Waals surface area contributed by atoms with Crippen molar-refractivity contribution in [3.8, 4) is 0 Å². The largest absolute Gasteiger partial charge is 0.396 e. The summed E-state index contributed by atoms with van der Waals surface area (Å²) < 4.78 is 1.79. The van der Waals surface area contributed by atoms with Crippen molar-refractivity contribution in [3.63, 3.8) is 0 Å². The number of rotatable bonds is 3. The molecule has 2 rings (SSSR count). The molecule has 1 heterocycles. The van der Waals surface area contributed by atoms with E-state index in [9.17, 15) is 5.11 Å². The van der Waals surface area contributed by atoms with Gasteiger partial charge in [0.15, 0.2) is 0 Å². The van der Waals surface area contributed by atoms with E-state index in [0.29, 0.717) is 17.7 Å². The Morgan fingerprint density at radius 1 is 1.64 bits per heavy atom. The van der Waals surface area contributed by atoms with Gasteiger partial charge in [-0.15, -0.1) is 5.10 Å². The van der Waals surface area contributed by atoms with Crippen LogP contribution in [-0.2, 0) is 0 Å². The third-order valence-corrected chi connectivity index (χ3v) is 2.80. The molecule has 0 bridgehead atoms. The first-order valence-electron chi connectivity index (χ1n) is 4.91. The van der Waals surface area contributed by atoms with E-state index in [-0.39, 0.29) is 6.61 Å². The van der Waals surface area contributed by atoms with E-state index in [4.69, 9.17) is 5.11 Å². The van der Waals surface area contributed by atoms with Gasteiger partial charge in [-0.05, 0) is 25.7 Å². The summed E-state index contributed by atoms with van der Waals surface area (Å²) in [6.07, 6.45) is 3.14. The Labute approximate surface area is 82.4 Å². The lowest BCUT2D eigenvalue weighted by atomic mass is 9.81. The third kappa shape index (κ3) is 1.65. The summed E-state index contributed by atoms with van der Waals surface area (Å²) in [6.45, 7) is 1.93. The molecule has 0 aromatic carbocycles. The minimum Gasteiger partial charge on any atom is -0.396 e. The fraction of sp³-hybridized carbons (Fsp3) is 0.778. The monoisotopic (exact) mass is 197 g/mol. The van der Waals surface area contributed by atoms with Crippen molar-refractivity contribution >= 4 is 0 Å². The molecular weight excluding hydrogens is 182 g/mol. The summed E-state index contributed by atoms with van der Waals surface area (Å²) in [5.41, 5.74) is 0.609. The molecule has 0 amide bonds. The molecule has 78 valence electrons. The second kappa shape index (κ2) is 3.67. The maximum atomic E-state index is 9.25. The fourth-order valence-electron chi connectivity index (χ4n) is 1.73. The number of hydrogen-bond donors (Lipinski definition) is 2. The molecule has 0 radical (unpaired) electrons. The van der Waals surface area contributed by atoms with E-state index in [1.165, 1.54) is 0 Å². The molecule has 0 aliphatic heterocycles. The summed E-state index contributed by atoms with van der Waals surface area (Å²) in [5.74, 6) is 0.416. The first-order chi connectivity index (χ1) is 6.70. The van der Waals surface area contributed by atoms with E-state index < -0.39 is 6.10 Å². The van der Waals surface area contributed by atoms with Gasteiger partial charge in [0.25, 0.3) is 0 Å². The van der Waals surface area contributed by atoms with Gasteiger partial charge in [0.05, 0.1) is 18.3 Å². The van der Waals surface area contributed by atoms with Gasteiger partial charge < -0.3 is 10.2 Å². The zero-order chi connectivity index (χ0) is 10.1. The van der Waals surface area contributed by atoms with E-state index in [1.54, 1.807) is 17.8 Å². The third-order valence-electron chi connectivity index (χ3n) is 2.80. The lowest BCUT2D eigenvalue weighted by Crippen LogP contribution is -2.29. The summed E-state index contributed by atoms with van der Waals surface area (Å²) in [7, 11) is 0. The minimum absolute atomic E-state index is 0.258. The Bertz CT molecular complexity index is 305. The van der Waals surface area contributed by atoms with E-state index >= 15 is 0 Å². The van der Waals surface area contributed by atoms with Crippen LogP contribution < -0.4 is 0 Å². The van der Waals surface area contributed by atoms with Crippen LogP contribution in [0, 0.1) is 5.92 Å². The lowest BCUT2D eigenvalue weighted by molar-refractivity contribution is 0.104. The molecule has 1 aliphatic carbocycles. The SMILES string of the molecule is CC(O)c1cn(C2CC(CO)C2)nn1. The maximum Gasteiger partial charge on any atom is 0.111 e. The van der Waals surface area contributed by atoms with Crippen LogP contribution in [0.25, 0.3) is 0 Å². The Morgan fingerprint density at radius 2 is 2.36 bits per heavy atom. The van der Waals surface area contributed by atoms with Gasteiger partial charge in [-0.3, -0.25) is 0 Å². The van der Waals surface area contributed by atoms with E-state index in [1.807, 2.05) is 0 Å². The van der Waals surface area contributed by atoms with Crippen molar-refractivity contribution in [3.05, 3.63) is 11.9 Å². The maximum absolute atomic E-state index is 9.25. The van der Waals surface area contributed by atoms with Gasteiger partial charge in [0, 0.05) is 6.61 Å². The minimum atomic E-state index is -0.558. The van der Waals surface area contributed by atoms with Gasteiger partial charge >= 0.3 is 0 Å². The number of nitrogens with zero attached hydrogens (tertiary/aromatic N) is 3. The van der Waals surface area contributed by atoms with Gasteiger partial charge in [-0.1, -0.05) is 5.21 Å². The number of aliphatic hydroxyl groups is 2. The van der Waals surface area contributed by atoms with Crippen LogP contribution in [0.1, 0.15) is 37.6 Å². The van der Waals surface area contributed by atoms with Crippen LogP contribution >= 0.6 is 0 Å². The smallest absolute Gasteiger partial charge is 0.111 e. The van der Waals surface area contributed by atoms with Gasteiger partial charge in [-0.25, -0.2) is 4.68 Å². The quantitative estimate of drug-likeness (QED) is 0.730. The molecule has 1 aliphatic rings. The second-order valence-electron chi connectivity index (χ2n) is 3.97. The fourth-order valence-corrected chi connectivity index (χ4v) is 1.73. The Morgan fingerprint density at radius 3 is 2.86 bits per heavy atom. The second-order valence-corrected chi connectivity index (χ2v) is 3.97. The molecule has 0 saturated heterocycles. The summed E-state index contributed by atoms with van der Waals surface area (Å²) in [5, 5.41) is 25.9. The Kier molecular flexibility index (Phi) is 2.52. The Hall–Kier alpha value is -0.940. The molecule has 14 heavy (non-hydrogen) atoms. The number of hydrogen-bond acceptors (Lipinski definition) is 4. The summed E-state index contributed by atoms with van der Waals surface area (Å²) >= 11 is 0. The lowest BCUT2D eigenvalue weighted by Gasteiger charge is -2.33. The summed E-state index contributed by atoms with van der Waals surface area (Å²) in [4.78, 5) is 0. The molecule has 2 N–H and O–H groups in total. The number of aliphatic hydroxyl groups excluding tert-OH is 2. The highest BCUT2D eigenvalue weighted by Crippen LogP contribution is 2.36. The molecule has 1 saturated carbocycles. The standard InChI is InChI=1S/C9H15N3O2/c1-6(14)9-4-12(11-10-9)8-2-7(3-8)5-13/h4,6-8,13-14H,2-3,5H2,1H3. The van der Waals surface area contributed by atoms with Gasteiger partial charge in [0.1, 0.15) is 5.69 Å². The first-order valence-corrected chi connectivity index (χ1v) is 4.91. The highest BCUT2D eigenvalue weighted by molar-refractivity contribution is 4.98. The van der Waals surface area contributed by atoms with Crippen LogP contribution in [0.4, 0.5) is 0 Å². The van der Waals surface area contributed by atoms with Crippen molar-refractivity contribution < 1.29 is 10.2 Å². The molecular formula is C9H15N3O2. The predicted octanol–water partition coefficient (Wildman–Crippen LogP) is 0.275. The molecule has 1 aromatic heterocycles. The first kappa shape index (κ1) is 9.61. The molecule has 1 unspecified atom stereocenters. The highest BCUT2D eigenvalue weighted by atomic mass is 16.3. The topological polar surface area (TPSA) is 71.2 Å². The molecule has 1 aromatic rings. The van der Waals surface area contributed by atoms with Gasteiger partial charge in [-0.2, -0.15) is 0 Å². The normalized spacial score (nSPS) is 28.5. The van der Waals surface area contributed by atoms with E-state index in [0.717, 1.165) is 12.8 Å². The van der Waals surface area contributed by atoms with Crippen molar-refractivity contribution in [2.75, 3.05) is 6.61 Å². The number of aromatic nitrogens is 3. The van der Waals surface area contributed by atoms with Crippen LogP contribution in [0.5, 0.6) is 0 Å². The summed E-state index contributed by atoms with van der Waals surface area (Å²) in [6, 6.07) is 0.354. The molecule has 5 nitrogen and oxygen atoms in total. The zero-order valence-electron chi connectivity index (χ0n) is 8.17. The van der Waals surface area contributed by atoms with E-state index in [2.05, 4.69) is 10.3 Å². The van der Waals surface area contributed by atoms with Crippen LogP contribution in [-0.4, -0.2) is 31.8 Å². The van der Waals surface area contributed by atoms with Crippen LogP contribution in [0.3, 0.4) is 0 Å².